The Bertz CT molecular complexity index is 847. The summed E-state index contributed by atoms with van der Waals surface area (Å²) in [5.41, 5.74) is 2.72. The Hall–Kier alpha value is -2.49. The number of thiocarbonyl (C=S) groups is 1. The summed E-state index contributed by atoms with van der Waals surface area (Å²) >= 11 is 6.73. The molecule has 0 atom stereocenters. The summed E-state index contributed by atoms with van der Waals surface area (Å²) in [4.78, 5) is 13.2. The summed E-state index contributed by atoms with van der Waals surface area (Å²) < 4.78 is 0. The number of aryl methyl sites for hydroxylation is 1. The molecule has 4 nitrogen and oxygen atoms in total. The first-order chi connectivity index (χ1) is 11.7. The topological polar surface area (TPSA) is 64.9 Å². The highest BCUT2D eigenvalue weighted by Gasteiger charge is 2.22. The van der Waals surface area contributed by atoms with Crippen molar-refractivity contribution >= 4 is 45.7 Å². The molecule has 3 rings (SSSR count). The Kier molecular flexibility index (Phi) is 5.04. The van der Waals surface area contributed by atoms with Crippen LogP contribution in [0.3, 0.4) is 0 Å². The third kappa shape index (κ3) is 3.70. The molecule has 0 spiro atoms. The van der Waals surface area contributed by atoms with Crippen molar-refractivity contribution in [3.8, 4) is 6.07 Å². The van der Waals surface area contributed by atoms with Gasteiger partial charge in [-0.05, 0) is 48.7 Å². The number of anilines is 1. The predicted octanol–water partition coefficient (Wildman–Crippen LogP) is 3.63. The number of carbonyl (C=O) groups excluding carboxylic acids is 1. The number of nitrogens with one attached hydrogen (secondary N) is 2. The summed E-state index contributed by atoms with van der Waals surface area (Å²) in [5, 5.41) is 15.9. The van der Waals surface area contributed by atoms with Crippen molar-refractivity contribution in [2.75, 3.05) is 5.32 Å². The molecular weight excluding hydrogens is 338 g/mol. The maximum atomic E-state index is 11.9. The first-order valence-corrected chi connectivity index (χ1v) is 8.79. The molecule has 1 aliphatic carbocycles. The zero-order valence-electron chi connectivity index (χ0n) is 12.8. The number of nitriles is 1. The van der Waals surface area contributed by atoms with E-state index in [-0.39, 0.29) is 11.0 Å². The molecule has 120 valence electrons. The molecule has 0 saturated carbocycles. The molecule has 2 N–H and O–H groups in total. The smallest absolute Gasteiger partial charge is 0.250 e. The minimum Gasteiger partial charge on any atom is -0.323 e. The van der Waals surface area contributed by atoms with Crippen LogP contribution in [0, 0.1) is 11.3 Å². The third-order valence-corrected chi connectivity index (χ3v) is 5.13. The molecule has 0 aliphatic heterocycles. The van der Waals surface area contributed by atoms with Crippen LogP contribution in [0.25, 0.3) is 6.08 Å². The number of carbonyl (C=O) groups is 1. The van der Waals surface area contributed by atoms with Gasteiger partial charge >= 0.3 is 0 Å². The van der Waals surface area contributed by atoms with Crippen molar-refractivity contribution in [2.24, 2.45) is 0 Å². The second kappa shape index (κ2) is 7.39. The second-order valence-corrected chi connectivity index (χ2v) is 6.87. The van der Waals surface area contributed by atoms with Gasteiger partial charge in [-0.15, -0.1) is 11.3 Å². The van der Waals surface area contributed by atoms with E-state index in [1.165, 1.54) is 11.0 Å². The van der Waals surface area contributed by atoms with Crippen molar-refractivity contribution in [3.05, 3.63) is 58.0 Å². The number of thiophene rings is 1. The highest BCUT2D eigenvalue weighted by Crippen LogP contribution is 2.38. The van der Waals surface area contributed by atoms with E-state index >= 15 is 0 Å². The Morgan fingerprint density at radius 1 is 1.29 bits per heavy atom. The average molecular weight is 353 g/mol. The number of hydrogen-bond donors (Lipinski definition) is 2. The van der Waals surface area contributed by atoms with Crippen LogP contribution in [0.15, 0.2) is 36.4 Å². The van der Waals surface area contributed by atoms with Gasteiger partial charge in [0.05, 0.1) is 5.56 Å². The lowest BCUT2D eigenvalue weighted by atomic mass is 10.1. The standard InChI is InChI=1S/C18H15N3OS2/c19-11-14-13-7-4-8-15(13)24-17(14)21-18(23)20-16(22)10-9-12-5-2-1-3-6-12/h1-3,5-6,9-10H,4,7-8H2,(H2,20,21,22,23). The molecule has 6 heteroatoms. The minimum atomic E-state index is -0.307. The monoisotopic (exact) mass is 353 g/mol. The Morgan fingerprint density at radius 2 is 2.08 bits per heavy atom. The average Bonchev–Trinajstić information content (AvgIpc) is 3.14. The van der Waals surface area contributed by atoms with Crippen LogP contribution in [-0.2, 0) is 17.6 Å². The number of nitrogens with zero attached hydrogens (tertiary/aromatic N) is 1. The van der Waals surface area contributed by atoms with E-state index in [4.69, 9.17) is 12.2 Å². The van der Waals surface area contributed by atoms with Gasteiger partial charge in [-0.25, -0.2) is 0 Å². The minimum absolute atomic E-state index is 0.203. The van der Waals surface area contributed by atoms with Gasteiger partial charge in [0.15, 0.2) is 5.11 Å². The molecule has 1 aliphatic rings. The lowest BCUT2D eigenvalue weighted by Gasteiger charge is -2.07. The van der Waals surface area contributed by atoms with Gasteiger partial charge in [-0.2, -0.15) is 5.26 Å². The van der Waals surface area contributed by atoms with Gasteiger partial charge in [0.25, 0.3) is 0 Å². The van der Waals surface area contributed by atoms with E-state index in [0.717, 1.165) is 35.4 Å². The molecule has 1 heterocycles. The zero-order chi connectivity index (χ0) is 16.9. The van der Waals surface area contributed by atoms with Crippen molar-refractivity contribution in [1.82, 2.24) is 5.32 Å². The van der Waals surface area contributed by atoms with Crippen molar-refractivity contribution in [2.45, 2.75) is 19.3 Å². The fourth-order valence-electron chi connectivity index (χ4n) is 2.63. The van der Waals surface area contributed by atoms with E-state index in [0.29, 0.717) is 5.56 Å². The Morgan fingerprint density at radius 3 is 2.83 bits per heavy atom. The second-order valence-electron chi connectivity index (χ2n) is 5.36. The first kappa shape index (κ1) is 16.4. The summed E-state index contributed by atoms with van der Waals surface area (Å²) in [7, 11) is 0. The SMILES string of the molecule is N#Cc1c(NC(=S)NC(=O)C=Cc2ccccc2)sc2c1CCC2. The summed E-state index contributed by atoms with van der Waals surface area (Å²) in [6.07, 6.45) is 6.20. The van der Waals surface area contributed by atoms with Crippen LogP contribution < -0.4 is 10.6 Å². The molecular formula is C18H15N3OS2. The van der Waals surface area contributed by atoms with Gasteiger partial charge in [0.1, 0.15) is 11.1 Å². The number of hydrogen-bond acceptors (Lipinski definition) is 4. The molecule has 0 saturated heterocycles. The molecule has 1 aromatic carbocycles. The lowest BCUT2D eigenvalue weighted by molar-refractivity contribution is -0.115. The lowest BCUT2D eigenvalue weighted by Crippen LogP contribution is -2.32. The van der Waals surface area contributed by atoms with Crippen LogP contribution in [0.1, 0.15) is 28.0 Å². The van der Waals surface area contributed by atoms with Crippen molar-refractivity contribution in [3.63, 3.8) is 0 Å². The third-order valence-electron chi connectivity index (χ3n) is 3.72. The van der Waals surface area contributed by atoms with E-state index in [2.05, 4.69) is 16.7 Å². The number of fused-ring (bicyclic) bond motifs is 1. The maximum Gasteiger partial charge on any atom is 0.250 e. The van der Waals surface area contributed by atoms with Crippen molar-refractivity contribution in [1.29, 1.82) is 5.26 Å². The Labute approximate surface area is 149 Å². The Balaban J connectivity index is 1.61. The van der Waals surface area contributed by atoms with E-state index in [1.807, 2.05) is 30.3 Å². The molecule has 0 fully saturated rings. The molecule has 0 bridgehead atoms. The number of amides is 1. The van der Waals surface area contributed by atoms with Crippen molar-refractivity contribution < 1.29 is 4.79 Å². The maximum absolute atomic E-state index is 11.9. The molecule has 1 aromatic heterocycles. The largest absolute Gasteiger partial charge is 0.323 e. The quantitative estimate of drug-likeness (QED) is 0.653. The van der Waals surface area contributed by atoms with Crippen LogP contribution in [0.2, 0.25) is 0 Å². The molecule has 1 amide bonds. The van der Waals surface area contributed by atoms with E-state index in [1.54, 1.807) is 17.4 Å². The fourth-order valence-corrected chi connectivity index (χ4v) is 4.15. The van der Waals surface area contributed by atoms with Gasteiger partial charge in [-0.1, -0.05) is 30.3 Å². The molecule has 0 unspecified atom stereocenters. The van der Waals surface area contributed by atoms with Crippen LogP contribution in [0.4, 0.5) is 5.00 Å². The highest BCUT2D eigenvalue weighted by molar-refractivity contribution is 7.80. The highest BCUT2D eigenvalue weighted by atomic mass is 32.1. The summed E-state index contributed by atoms with van der Waals surface area (Å²) in [6, 6.07) is 11.8. The summed E-state index contributed by atoms with van der Waals surface area (Å²) in [5.74, 6) is -0.307. The predicted molar refractivity (Wildman–Crippen MR) is 101 cm³/mol. The van der Waals surface area contributed by atoms with Gasteiger partial charge < -0.3 is 5.32 Å². The van der Waals surface area contributed by atoms with Crippen LogP contribution in [-0.4, -0.2) is 11.0 Å². The van der Waals surface area contributed by atoms with E-state index in [9.17, 15) is 10.1 Å². The zero-order valence-corrected chi connectivity index (χ0v) is 14.5. The number of benzene rings is 1. The van der Waals surface area contributed by atoms with Gasteiger partial charge in [0, 0.05) is 11.0 Å². The van der Waals surface area contributed by atoms with Gasteiger partial charge in [0.2, 0.25) is 5.91 Å². The normalized spacial score (nSPS) is 12.6. The first-order valence-electron chi connectivity index (χ1n) is 7.57. The van der Waals surface area contributed by atoms with Crippen LogP contribution in [0.5, 0.6) is 0 Å². The summed E-state index contributed by atoms with van der Waals surface area (Å²) in [6.45, 7) is 0. The van der Waals surface area contributed by atoms with E-state index < -0.39 is 0 Å². The van der Waals surface area contributed by atoms with Gasteiger partial charge in [-0.3, -0.25) is 10.1 Å². The molecule has 0 radical (unpaired) electrons. The molecule has 2 aromatic rings. The molecule has 24 heavy (non-hydrogen) atoms. The fraction of sp³-hybridized carbons (Fsp3) is 0.167. The number of rotatable bonds is 3. The van der Waals surface area contributed by atoms with Crippen LogP contribution >= 0.6 is 23.6 Å².